The van der Waals surface area contributed by atoms with Gasteiger partial charge in [-0.1, -0.05) is 6.07 Å². The van der Waals surface area contributed by atoms with Crippen LogP contribution in [0.25, 0.3) is 0 Å². The first-order valence-electron chi connectivity index (χ1n) is 5.80. The van der Waals surface area contributed by atoms with Crippen molar-refractivity contribution in [1.29, 1.82) is 0 Å². The van der Waals surface area contributed by atoms with Crippen LogP contribution in [0.15, 0.2) is 18.2 Å². The minimum atomic E-state index is -0.580. The van der Waals surface area contributed by atoms with Gasteiger partial charge in [0, 0.05) is 20.3 Å². The second kappa shape index (κ2) is 7.66. The van der Waals surface area contributed by atoms with Crippen molar-refractivity contribution in [1.82, 2.24) is 5.32 Å². The molecule has 0 aliphatic rings. The number of ether oxygens (including phenoxy) is 2. The Morgan fingerprint density at radius 1 is 1.33 bits per heavy atom. The van der Waals surface area contributed by atoms with E-state index in [0.29, 0.717) is 13.2 Å². The summed E-state index contributed by atoms with van der Waals surface area (Å²) in [5, 5.41) is 2.66. The fourth-order valence-electron chi connectivity index (χ4n) is 1.56. The summed E-state index contributed by atoms with van der Waals surface area (Å²) < 4.78 is 23.4. The molecular weight excluding hydrogens is 237 g/mol. The van der Waals surface area contributed by atoms with Crippen LogP contribution in [0.3, 0.4) is 0 Å². The number of carbonyl (C=O) groups is 1. The third kappa shape index (κ3) is 4.00. The Morgan fingerprint density at radius 2 is 2.11 bits per heavy atom. The van der Waals surface area contributed by atoms with Crippen LogP contribution in [0.2, 0.25) is 0 Å². The molecule has 100 valence electrons. The summed E-state index contributed by atoms with van der Waals surface area (Å²) in [5.74, 6) is -0.796. The average Bonchev–Trinajstić information content (AvgIpc) is 2.37. The Balaban J connectivity index is 2.56. The number of benzene rings is 1. The number of unbranched alkanes of at least 4 members (excludes halogenated alkanes) is 1. The van der Waals surface area contributed by atoms with E-state index in [9.17, 15) is 9.18 Å². The molecule has 1 N–H and O–H groups in total. The number of nitrogens with one attached hydrogen (secondary N) is 1. The van der Waals surface area contributed by atoms with E-state index >= 15 is 0 Å². The monoisotopic (exact) mass is 255 g/mol. The van der Waals surface area contributed by atoms with Crippen molar-refractivity contribution in [2.24, 2.45) is 0 Å². The molecule has 4 nitrogen and oxygen atoms in total. The fraction of sp³-hybridized carbons (Fsp3) is 0.462. The summed E-state index contributed by atoms with van der Waals surface area (Å²) in [4.78, 5) is 11.8. The van der Waals surface area contributed by atoms with E-state index in [-0.39, 0.29) is 11.3 Å². The molecule has 0 aliphatic heterocycles. The van der Waals surface area contributed by atoms with Crippen molar-refractivity contribution in [2.75, 3.05) is 27.4 Å². The largest absolute Gasteiger partial charge is 0.496 e. The summed E-state index contributed by atoms with van der Waals surface area (Å²) in [6, 6.07) is 4.30. The molecule has 1 amide bonds. The van der Waals surface area contributed by atoms with Gasteiger partial charge in [0.1, 0.15) is 17.1 Å². The third-order valence-electron chi connectivity index (χ3n) is 2.48. The van der Waals surface area contributed by atoms with Crippen molar-refractivity contribution >= 4 is 5.91 Å². The predicted molar refractivity (Wildman–Crippen MR) is 66.4 cm³/mol. The number of hydrogen-bond acceptors (Lipinski definition) is 3. The zero-order valence-electron chi connectivity index (χ0n) is 10.7. The first-order valence-corrected chi connectivity index (χ1v) is 5.80. The zero-order valence-corrected chi connectivity index (χ0v) is 10.7. The van der Waals surface area contributed by atoms with E-state index < -0.39 is 11.7 Å². The van der Waals surface area contributed by atoms with Gasteiger partial charge in [0.15, 0.2) is 0 Å². The Labute approximate surface area is 106 Å². The van der Waals surface area contributed by atoms with Crippen LogP contribution in [0.1, 0.15) is 23.2 Å². The van der Waals surface area contributed by atoms with Gasteiger partial charge in [-0.2, -0.15) is 0 Å². The van der Waals surface area contributed by atoms with Gasteiger partial charge >= 0.3 is 0 Å². The van der Waals surface area contributed by atoms with Gasteiger partial charge in [-0.05, 0) is 25.0 Å². The van der Waals surface area contributed by atoms with Crippen molar-refractivity contribution in [2.45, 2.75) is 12.8 Å². The number of halogens is 1. The quantitative estimate of drug-likeness (QED) is 0.758. The molecule has 0 heterocycles. The SMILES string of the molecule is COCCCCNC(=O)c1c(F)cccc1OC. The number of rotatable bonds is 7. The second-order valence-corrected chi connectivity index (χ2v) is 3.77. The molecule has 1 aromatic carbocycles. The van der Waals surface area contributed by atoms with Crippen molar-refractivity contribution in [3.8, 4) is 5.75 Å². The van der Waals surface area contributed by atoms with Gasteiger partial charge in [0.2, 0.25) is 0 Å². The highest BCUT2D eigenvalue weighted by molar-refractivity contribution is 5.97. The predicted octanol–water partition coefficient (Wildman–Crippen LogP) is 1.99. The molecule has 0 atom stereocenters. The van der Waals surface area contributed by atoms with Crippen LogP contribution < -0.4 is 10.1 Å². The van der Waals surface area contributed by atoms with E-state index in [0.717, 1.165) is 12.8 Å². The summed E-state index contributed by atoms with van der Waals surface area (Å²) in [5.41, 5.74) is -0.0493. The van der Waals surface area contributed by atoms with E-state index in [1.165, 1.54) is 19.2 Å². The standard InChI is InChI=1S/C13H18FNO3/c1-17-9-4-3-8-15-13(16)12-10(14)6-5-7-11(12)18-2/h5-7H,3-4,8-9H2,1-2H3,(H,15,16). The molecule has 1 rings (SSSR count). The number of carbonyl (C=O) groups excluding carboxylic acids is 1. The first kappa shape index (κ1) is 14.4. The average molecular weight is 255 g/mol. The molecule has 18 heavy (non-hydrogen) atoms. The van der Waals surface area contributed by atoms with E-state index in [2.05, 4.69) is 5.32 Å². The van der Waals surface area contributed by atoms with Crippen LogP contribution >= 0.6 is 0 Å². The second-order valence-electron chi connectivity index (χ2n) is 3.77. The first-order chi connectivity index (χ1) is 8.70. The number of amides is 1. The van der Waals surface area contributed by atoms with Crippen LogP contribution in [0.4, 0.5) is 4.39 Å². The zero-order chi connectivity index (χ0) is 13.4. The maximum absolute atomic E-state index is 13.6. The summed E-state index contributed by atoms with van der Waals surface area (Å²) in [6.45, 7) is 1.14. The molecule has 0 fully saturated rings. The lowest BCUT2D eigenvalue weighted by Crippen LogP contribution is -2.26. The fourth-order valence-corrected chi connectivity index (χ4v) is 1.56. The number of methoxy groups -OCH3 is 2. The van der Waals surface area contributed by atoms with Gasteiger partial charge in [0.25, 0.3) is 5.91 Å². The van der Waals surface area contributed by atoms with Crippen LogP contribution in [0.5, 0.6) is 5.75 Å². The molecule has 1 aromatic rings. The maximum Gasteiger partial charge on any atom is 0.258 e. The third-order valence-corrected chi connectivity index (χ3v) is 2.48. The molecule has 0 radical (unpaired) electrons. The molecular formula is C13H18FNO3. The van der Waals surface area contributed by atoms with Gasteiger partial charge in [-0.25, -0.2) is 4.39 Å². The topological polar surface area (TPSA) is 47.6 Å². The van der Waals surface area contributed by atoms with E-state index in [1.807, 2.05) is 0 Å². The Kier molecular flexibility index (Phi) is 6.14. The van der Waals surface area contributed by atoms with Gasteiger partial charge < -0.3 is 14.8 Å². The molecule has 0 aliphatic carbocycles. The smallest absolute Gasteiger partial charge is 0.258 e. The lowest BCUT2D eigenvalue weighted by atomic mass is 10.1. The lowest BCUT2D eigenvalue weighted by Gasteiger charge is -2.09. The van der Waals surface area contributed by atoms with Crippen molar-refractivity contribution in [3.63, 3.8) is 0 Å². The summed E-state index contributed by atoms with van der Waals surface area (Å²) >= 11 is 0. The Morgan fingerprint density at radius 3 is 2.78 bits per heavy atom. The minimum absolute atomic E-state index is 0.0493. The van der Waals surface area contributed by atoms with Gasteiger partial charge in [0.05, 0.1) is 7.11 Å². The molecule has 0 bridgehead atoms. The summed E-state index contributed by atoms with van der Waals surface area (Å²) in [7, 11) is 3.03. The Bertz CT molecular complexity index is 396. The Hall–Kier alpha value is -1.62. The summed E-state index contributed by atoms with van der Waals surface area (Å²) in [6.07, 6.45) is 1.64. The highest BCUT2D eigenvalue weighted by atomic mass is 19.1. The molecule has 0 aromatic heterocycles. The highest BCUT2D eigenvalue weighted by Crippen LogP contribution is 2.20. The van der Waals surface area contributed by atoms with Crippen LogP contribution in [-0.2, 0) is 4.74 Å². The highest BCUT2D eigenvalue weighted by Gasteiger charge is 2.16. The normalized spacial score (nSPS) is 10.2. The van der Waals surface area contributed by atoms with E-state index in [1.54, 1.807) is 13.2 Å². The molecule has 5 heteroatoms. The van der Waals surface area contributed by atoms with Crippen molar-refractivity contribution < 1.29 is 18.7 Å². The minimum Gasteiger partial charge on any atom is -0.496 e. The number of hydrogen-bond donors (Lipinski definition) is 1. The molecule has 0 saturated carbocycles. The van der Waals surface area contributed by atoms with Crippen molar-refractivity contribution in [3.05, 3.63) is 29.6 Å². The van der Waals surface area contributed by atoms with Gasteiger partial charge in [-0.15, -0.1) is 0 Å². The lowest BCUT2D eigenvalue weighted by molar-refractivity contribution is 0.0944. The molecule has 0 unspecified atom stereocenters. The maximum atomic E-state index is 13.6. The van der Waals surface area contributed by atoms with Gasteiger partial charge in [-0.3, -0.25) is 4.79 Å². The molecule has 0 spiro atoms. The van der Waals surface area contributed by atoms with Crippen LogP contribution in [-0.4, -0.2) is 33.3 Å². The van der Waals surface area contributed by atoms with E-state index in [4.69, 9.17) is 9.47 Å². The molecule has 0 saturated heterocycles. The van der Waals surface area contributed by atoms with Crippen LogP contribution in [0, 0.1) is 5.82 Å².